The van der Waals surface area contributed by atoms with Crippen LogP contribution in [0.25, 0.3) is 0 Å². The maximum atomic E-state index is 9.18. The molecule has 2 fully saturated rings. The van der Waals surface area contributed by atoms with Gasteiger partial charge in [0.25, 0.3) is 0 Å². The monoisotopic (exact) mass is 266 g/mol. The van der Waals surface area contributed by atoms with Gasteiger partial charge in [-0.05, 0) is 36.5 Å². The fourth-order valence-electron chi connectivity index (χ4n) is 4.39. The number of aliphatic hydroxyl groups is 1. The molecule has 2 aliphatic rings. The van der Waals surface area contributed by atoms with E-state index in [-0.39, 0.29) is 0 Å². The van der Waals surface area contributed by atoms with E-state index >= 15 is 0 Å². The summed E-state index contributed by atoms with van der Waals surface area (Å²) in [5.74, 6) is 3.71. The van der Waals surface area contributed by atoms with Gasteiger partial charge in [0.05, 0.1) is 0 Å². The van der Waals surface area contributed by atoms with Crippen molar-refractivity contribution in [3.05, 3.63) is 0 Å². The third-order valence-corrected chi connectivity index (χ3v) is 5.87. The summed E-state index contributed by atoms with van der Waals surface area (Å²) in [6.07, 6.45) is 17.2. The molecule has 0 atom stereocenters. The van der Waals surface area contributed by atoms with Crippen molar-refractivity contribution < 1.29 is 5.11 Å². The van der Waals surface area contributed by atoms with E-state index in [0.717, 1.165) is 17.8 Å². The Morgan fingerprint density at radius 3 is 1.37 bits per heavy atom. The topological polar surface area (TPSA) is 20.2 Å². The van der Waals surface area contributed by atoms with Crippen LogP contribution in [0.15, 0.2) is 0 Å². The molecule has 0 aromatic rings. The van der Waals surface area contributed by atoms with Crippen LogP contribution in [0.3, 0.4) is 0 Å². The first-order valence-electron chi connectivity index (χ1n) is 8.92. The zero-order chi connectivity index (χ0) is 13.5. The zero-order valence-electron chi connectivity index (χ0n) is 12.9. The summed E-state index contributed by atoms with van der Waals surface area (Å²) in [6, 6.07) is 0. The van der Waals surface area contributed by atoms with Gasteiger partial charge >= 0.3 is 0 Å². The highest BCUT2D eigenvalue weighted by molar-refractivity contribution is 4.76. The maximum absolute atomic E-state index is 9.18. The molecule has 1 nitrogen and oxygen atoms in total. The van der Waals surface area contributed by atoms with Crippen LogP contribution < -0.4 is 0 Å². The summed E-state index contributed by atoms with van der Waals surface area (Å²) in [5, 5.41) is 9.18. The Kier molecular flexibility index (Phi) is 6.70. The Morgan fingerprint density at radius 1 is 0.632 bits per heavy atom. The number of hydrogen-bond donors (Lipinski definition) is 1. The normalized spacial score (nSPS) is 36.3. The largest absolute Gasteiger partial charge is 0.396 e. The molecule has 0 unspecified atom stereocenters. The van der Waals surface area contributed by atoms with Gasteiger partial charge in [-0.1, -0.05) is 71.1 Å². The van der Waals surface area contributed by atoms with Crippen LogP contribution >= 0.6 is 0 Å². The van der Waals surface area contributed by atoms with Crippen LogP contribution in [0, 0.1) is 23.7 Å². The maximum Gasteiger partial charge on any atom is 0.0459 e. The van der Waals surface area contributed by atoms with Crippen molar-refractivity contribution in [1.29, 1.82) is 0 Å². The first-order valence-corrected chi connectivity index (χ1v) is 8.92. The van der Waals surface area contributed by atoms with Gasteiger partial charge in [0.15, 0.2) is 0 Å². The Morgan fingerprint density at radius 2 is 1.00 bits per heavy atom. The zero-order valence-corrected chi connectivity index (χ0v) is 12.9. The summed E-state index contributed by atoms with van der Waals surface area (Å²) in [4.78, 5) is 0. The van der Waals surface area contributed by atoms with E-state index in [1.54, 1.807) is 0 Å². The quantitative estimate of drug-likeness (QED) is 0.703. The molecule has 0 aromatic carbocycles. The SMILES string of the molecule is CCCC1CCC(CCC2CCC(CO)CC2)CC1. The van der Waals surface area contributed by atoms with Gasteiger partial charge in [0.2, 0.25) is 0 Å². The molecule has 1 heteroatoms. The van der Waals surface area contributed by atoms with Gasteiger partial charge in [-0.25, -0.2) is 0 Å². The smallest absolute Gasteiger partial charge is 0.0459 e. The van der Waals surface area contributed by atoms with Crippen molar-refractivity contribution in [3.63, 3.8) is 0 Å². The van der Waals surface area contributed by atoms with Gasteiger partial charge in [0, 0.05) is 6.61 Å². The number of aliphatic hydroxyl groups excluding tert-OH is 1. The lowest BCUT2D eigenvalue weighted by Crippen LogP contribution is -2.19. The number of rotatable bonds is 6. The van der Waals surface area contributed by atoms with Crippen LogP contribution in [-0.2, 0) is 0 Å². The Labute approximate surface area is 120 Å². The first-order chi connectivity index (χ1) is 9.31. The van der Waals surface area contributed by atoms with E-state index < -0.39 is 0 Å². The van der Waals surface area contributed by atoms with Gasteiger partial charge in [-0.2, -0.15) is 0 Å². The molecule has 0 radical (unpaired) electrons. The number of hydrogen-bond acceptors (Lipinski definition) is 1. The first kappa shape index (κ1) is 15.4. The van der Waals surface area contributed by atoms with Gasteiger partial charge < -0.3 is 5.11 Å². The van der Waals surface area contributed by atoms with Crippen LogP contribution in [0.4, 0.5) is 0 Å². The van der Waals surface area contributed by atoms with E-state index in [4.69, 9.17) is 0 Å². The molecule has 19 heavy (non-hydrogen) atoms. The fraction of sp³-hybridized carbons (Fsp3) is 1.00. The minimum atomic E-state index is 0.425. The van der Waals surface area contributed by atoms with Crippen molar-refractivity contribution in [2.24, 2.45) is 23.7 Å². The predicted molar refractivity (Wildman–Crippen MR) is 82.1 cm³/mol. The molecule has 0 bridgehead atoms. The molecule has 0 heterocycles. The highest BCUT2D eigenvalue weighted by Gasteiger charge is 2.24. The molecule has 2 aliphatic carbocycles. The molecule has 2 rings (SSSR count). The molecule has 2 saturated carbocycles. The van der Waals surface area contributed by atoms with Crippen LogP contribution in [0.1, 0.15) is 84.0 Å². The van der Waals surface area contributed by atoms with E-state index in [2.05, 4.69) is 6.92 Å². The van der Waals surface area contributed by atoms with Crippen molar-refractivity contribution in [2.45, 2.75) is 84.0 Å². The second-order valence-corrected chi connectivity index (χ2v) is 7.32. The summed E-state index contributed by atoms with van der Waals surface area (Å²) in [6.45, 7) is 2.75. The molecule has 112 valence electrons. The minimum Gasteiger partial charge on any atom is -0.396 e. The van der Waals surface area contributed by atoms with E-state index in [0.29, 0.717) is 12.5 Å². The average molecular weight is 266 g/mol. The van der Waals surface area contributed by atoms with Crippen molar-refractivity contribution in [3.8, 4) is 0 Å². The lowest BCUT2D eigenvalue weighted by atomic mass is 9.75. The molecule has 0 spiro atoms. The van der Waals surface area contributed by atoms with Crippen molar-refractivity contribution in [1.82, 2.24) is 0 Å². The summed E-state index contributed by atoms with van der Waals surface area (Å²) >= 11 is 0. The lowest BCUT2D eigenvalue weighted by molar-refractivity contribution is 0.157. The molecule has 1 N–H and O–H groups in total. The predicted octanol–water partition coefficient (Wildman–Crippen LogP) is 5.17. The van der Waals surface area contributed by atoms with Crippen LogP contribution in [0.2, 0.25) is 0 Å². The summed E-state index contributed by atoms with van der Waals surface area (Å²) in [7, 11) is 0. The summed E-state index contributed by atoms with van der Waals surface area (Å²) in [5.41, 5.74) is 0. The highest BCUT2D eigenvalue weighted by Crippen LogP contribution is 2.37. The second kappa shape index (κ2) is 8.29. The Hall–Kier alpha value is -0.0400. The highest BCUT2D eigenvalue weighted by atomic mass is 16.3. The fourth-order valence-corrected chi connectivity index (χ4v) is 4.39. The molecule has 0 aliphatic heterocycles. The van der Waals surface area contributed by atoms with Crippen LogP contribution in [0.5, 0.6) is 0 Å². The van der Waals surface area contributed by atoms with Crippen molar-refractivity contribution >= 4 is 0 Å². The van der Waals surface area contributed by atoms with Gasteiger partial charge in [-0.3, -0.25) is 0 Å². The van der Waals surface area contributed by atoms with Gasteiger partial charge in [0.1, 0.15) is 0 Å². The van der Waals surface area contributed by atoms with Crippen molar-refractivity contribution in [2.75, 3.05) is 6.61 Å². The second-order valence-electron chi connectivity index (χ2n) is 7.32. The average Bonchev–Trinajstić information content (AvgIpc) is 2.47. The molecular formula is C18H34O. The van der Waals surface area contributed by atoms with E-state index in [9.17, 15) is 5.11 Å². The van der Waals surface area contributed by atoms with E-state index in [1.165, 1.54) is 77.0 Å². The van der Waals surface area contributed by atoms with Crippen LogP contribution in [-0.4, -0.2) is 11.7 Å². The molecular weight excluding hydrogens is 232 g/mol. The third-order valence-electron chi connectivity index (χ3n) is 5.87. The Balaban J connectivity index is 1.57. The standard InChI is InChI=1S/C18H34O/c1-2-3-15-4-6-16(7-5-15)8-9-17-10-12-18(14-19)13-11-17/h15-19H,2-14H2,1H3. The Bertz CT molecular complexity index is 222. The molecule has 0 saturated heterocycles. The summed E-state index contributed by atoms with van der Waals surface area (Å²) < 4.78 is 0. The van der Waals surface area contributed by atoms with E-state index in [1.807, 2.05) is 0 Å². The lowest BCUT2D eigenvalue weighted by Gasteiger charge is -2.31. The molecule has 0 aromatic heterocycles. The minimum absolute atomic E-state index is 0.425. The molecule has 0 amide bonds. The van der Waals surface area contributed by atoms with Gasteiger partial charge in [-0.15, -0.1) is 0 Å². The third kappa shape index (κ3) is 5.10.